The van der Waals surface area contributed by atoms with E-state index in [-0.39, 0.29) is 18.9 Å². The third-order valence-corrected chi connectivity index (χ3v) is 10.6. The first-order valence-electron chi connectivity index (χ1n) is 17.1. The number of nitrogens with zero attached hydrogens (tertiary/aromatic N) is 2. The number of carbonyl (C=O) groups is 2. The fourth-order valence-corrected chi connectivity index (χ4v) is 7.22. The van der Waals surface area contributed by atoms with Crippen LogP contribution in [-0.2, 0) is 45.5 Å². The molecule has 0 radical (unpaired) electrons. The third-order valence-electron chi connectivity index (χ3n) is 8.43. The topological polar surface area (TPSA) is 101 Å². The van der Waals surface area contributed by atoms with Gasteiger partial charge in [-0.25, -0.2) is 14.8 Å². The molecular formula is C41H32F6N2O6S2. The van der Waals surface area contributed by atoms with E-state index in [1.54, 1.807) is 63.2 Å². The van der Waals surface area contributed by atoms with E-state index >= 15 is 0 Å². The molecule has 2 heterocycles. The minimum absolute atomic E-state index is 0.148. The Bertz CT molecular complexity index is 2350. The van der Waals surface area contributed by atoms with Crippen molar-refractivity contribution in [2.75, 3.05) is 6.61 Å². The molecule has 0 aliphatic rings. The van der Waals surface area contributed by atoms with Gasteiger partial charge in [0.05, 0.1) is 39.6 Å². The summed E-state index contributed by atoms with van der Waals surface area (Å²) in [4.78, 5) is 35.4. The molecule has 4 aromatic carbocycles. The van der Waals surface area contributed by atoms with Crippen LogP contribution in [0, 0.1) is 20.8 Å². The number of carbonyl (C=O) groups excluding carboxylic acids is 2. The Morgan fingerprint density at radius 2 is 1.37 bits per heavy atom. The van der Waals surface area contributed by atoms with Gasteiger partial charge in [-0.3, -0.25) is 4.79 Å². The quantitative estimate of drug-likeness (QED) is 0.0487. The van der Waals surface area contributed by atoms with Crippen LogP contribution in [0.4, 0.5) is 26.3 Å². The first-order chi connectivity index (χ1) is 27.0. The highest BCUT2D eigenvalue weighted by atomic mass is 32.2. The summed E-state index contributed by atoms with van der Waals surface area (Å²) in [5, 5.41) is 0.577. The maximum atomic E-state index is 12.9. The van der Waals surface area contributed by atoms with Crippen LogP contribution in [0.3, 0.4) is 0 Å². The average molecular weight is 827 g/mol. The van der Waals surface area contributed by atoms with E-state index in [9.17, 15) is 35.9 Å². The van der Waals surface area contributed by atoms with Crippen LogP contribution < -0.4 is 9.47 Å². The Morgan fingerprint density at radius 1 is 0.737 bits per heavy atom. The highest BCUT2D eigenvalue weighted by Gasteiger charge is 2.31. The fraction of sp³-hybridized carbons (Fsp3) is 0.220. The highest BCUT2D eigenvalue weighted by Crippen LogP contribution is 2.35. The van der Waals surface area contributed by atoms with Crippen molar-refractivity contribution in [2.45, 2.75) is 56.8 Å². The van der Waals surface area contributed by atoms with Gasteiger partial charge in [-0.15, -0.1) is 23.1 Å². The number of halogens is 6. The van der Waals surface area contributed by atoms with Crippen molar-refractivity contribution in [3.05, 3.63) is 135 Å². The van der Waals surface area contributed by atoms with Crippen molar-refractivity contribution in [2.24, 2.45) is 0 Å². The summed E-state index contributed by atoms with van der Waals surface area (Å²) < 4.78 is 99.7. The zero-order valence-electron chi connectivity index (χ0n) is 30.4. The molecule has 8 nitrogen and oxygen atoms in total. The van der Waals surface area contributed by atoms with Crippen LogP contribution in [-0.4, -0.2) is 28.5 Å². The largest absolute Gasteiger partial charge is 0.488 e. The zero-order valence-corrected chi connectivity index (χ0v) is 32.0. The van der Waals surface area contributed by atoms with Crippen LogP contribution in [0.15, 0.2) is 100 Å². The predicted octanol–water partition coefficient (Wildman–Crippen LogP) is 11.0. The molecule has 0 bridgehead atoms. The molecule has 6 aromatic rings. The van der Waals surface area contributed by atoms with E-state index in [0.717, 1.165) is 34.0 Å². The van der Waals surface area contributed by atoms with E-state index < -0.39 is 42.0 Å². The molecule has 2 aromatic heterocycles. The molecule has 0 saturated carbocycles. The van der Waals surface area contributed by atoms with Crippen molar-refractivity contribution in [1.82, 2.24) is 9.97 Å². The number of hydrogen-bond acceptors (Lipinski definition) is 10. The Hall–Kier alpha value is -5.61. The smallest absolute Gasteiger partial charge is 0.416 e. The molecule has 6 rings (SSSR count). The van der Waals surface area contributed by atoms with Gasteiger partial charge in [0.15, 0.2) is 6.61 Å². The molecule has 0 amide bonds. The molecule has 57 heavy (non-hydrogen) atoms. The average Bonchev–Trinajstić information content (AvgIpc) is 3.73. The molecule has 0 N–H and O–H groups in total. The highest BCUT2D eigenvalue weighted by molar-refractivity contribution is 7.98. The standard InChI is InChI=1S/C41H32F6N2O6S2/c1-23-18-31(52-20-35-25(3)49-39(57-35)28-8-12-30(13-9-28)41(45,46)47)14-17-33(23)53-21-37(51)55-36(50)19-26-4-15-32(16-5-26)56-22-34-24(2)48-38(54-34)27-6-10-29(11-7-27)40(42,43)44/h4-18H,19-22H2,1-3H3. The molecular weight excluding hydrogens is 795 g/mol. The van der Waals surface area contributed by atoms with Crippen LogP contribution in [0.1, 0.15) is 44.3 Å². The lowest BCUT2D eigenvalue weighted by molar-refractivity contribution is -0.160. The Kier molecular flexibility index (Phi) is 12.4. The molecule has 296 valence electrons. The number of aromatic nitrogens is 2. The lowest BCUT2D eigenvalue weighted by Crippen LogP contribution is -2.20. The summed E-state index contributed by atoms with van der Waals surface area (Å²) >= 11 is 2.77. The van der Waals surface area contributed by atoms with Crippen LogP contribution >= 0.6 is 23.1 Å². The number of thioether (sulfide) groups is 1. The van der Waals surface area contributed by atoms with Gasteiger partial charge in [0.25, 0.3) is 0 Å². The lowest BCUT2D eigenvalue weighted by Gasteiger charge is -2.11. The molecule has 16 heteroatoms. The molecule has 0 aliphatic carbocycles. The SMILES string of the molecule is Cc1cc(OCc2sc(-c3ccc(C(F)(F)F)cc3)nc2C)ccc1OCC(=O)OC(=O)Cc1ccc(SCc2oc(-c3ccc(C(F)(F)F)cc3)nc2C)cc1. The Labute approximate surface area is 330 Å². The number of alkyl halides is 6. The number of benzene rings is 4. The van der Waals surface area contributed by atoms with Gasteiger partial charge in [0, 0.05) is 16.0 Å². The van der Waals surface area contributed by atoms with Crippen molar-refractivity contribution in [3.8, 4) is 33.5 Å². The van der Waals surface area contributed by atoms with E-state index in [1.165, 1.54) is 47.4 Å². The number of esters is 2. The predicted molar refractivity (Wildman–Crippen MR) is 201 cm³/mol. The van der Waals surface area contributed by atoms with Gasteiger partial charge in [-0.05, 0) is 98.6 Å². The molecule has 0 unspecified atom stereocenters. The van der Waals surface area contributed by atoms with Crippen molar-refractivity contribution >= 4 is 35.0 Å². The maximum Gasteiger partial charge on any atom is 0.416 e. The minimum atomic E-state index is -4.43. The summed E-state index contributed by atoms with van der Waals surface area (Å²) in [6.07, 6.45) is -9.00. The summed E-state index contributed by atoms with van der Waals surface area (Å²) in [5.41, 5.74) is 2.11. The minimum Gasteiger partial charge on any atom is -0.488 e. The fourth-order valence-electron chi connectivity index (χ4n) is 5.35. The molecule has 0 aliphatic heterocycles. The lowest BCUT2D eigenvalue weighted by atomic mass is 10.1. The number of oxazole rings is 1. The first kappa shape index (κ1) is 41.0. The summed E-state index contributed by atoms with van der Waals surface area (Å²) in [6, 6.07) is 21.5. The van der Waals surface area contributed by atoms with Gasteiger partial charge in [-0.1, -0.05) is 24.3 Å². The maximum absolute atomic E-state index is 12.9. The van der Waals surface area contributed by atoms with Gasteiger partial charge >= 0.3 is 24.3 Å². The number of thiazole rings is 1. The van der Waals surface area contributed by atoms with Gasteiger partial charge < -0.3 is 18.6 Å². The van der Waals surface area contributed by atoms with Gasteiger partial charge in [0.1, 0.15) is 28.9 Å². The van der Waals surface area contributed by atoms with E-state index in [1.807, 2.05) is 0 Å². The summed E-state index contributed by atoms with van der Waals surface area (Å²) in [7, 11) is 0. The summed E-state index contributed by atoms with van der Waals surface area (Å²) in [5.74, 6) is 0.492. The van der Waals surface area contributed by atoms with Gasteiger partial charge in [-0.2, -0.15) is 26.3 Å². The summed E-state index contributed by atoms with van der Waals surface area (Å²) in [6.45, 7) is 4.99. The van der Waals surface area contributed by atoms with Crippen molar-refractivity contribution < 1.29 is 54.6 Å². The number of hydrogen-bond donors (Lipinski definition) is 0. The Balaban J connectivity index is 0.928. The molecule has 0 saturated heterocycles. The Morgan fingerprint density at radius 3 is 1.98 bits per heavy atom. The second kappa shape index (κ2) is 17.3. The third kappa shape index (κ3) is 10.8. The number of aryl methyl sites for hydroxylation is 3. The second-order valence-corrected chi connectivity index (χ2v) is 14.8. The van der Waals surface area contributed by atoms with E-state index in [2.05, 4.69) is 9.97 Å². The second-order valence-electron chi connectivity index (χ2n) is 12.7. The van der Waals surface area contributed by atoms with Crippen LogP contribution in [0.5, 0.6) is 11.5 Å². The molecule has 0 spiro atoms. The van der Waals surface area contributed by atoms with Crippen LogP contribution in [0.25, 0.3) is 22.0 Å². The molecule has 0 atom stereocenters. The van der Waals surface area contributed by atoms with Crippen LogP contribution in [0.2, 0.25) is 0 Å². The normalized spacial score (nSPS) is 11.7. The van der Waals surface area contributed by atoms with Crippen molar-refractivity contribution in [1.29, 1.82) is 0 Å². The van der Waals surface area contributed by atoms with Crippen molar-refractivity contribution in [3.63, 3.8) is 0 Å². The van der Waals surface area contributed by atoms with Gasteiger partial charge in [0.2, 0.25) is 5.89 Å². The van der Waals surface area contributed by atoms with E-state index in [4.69, 9.17) is 18.6 Å². The monoisotopic (exact) mass is 826 g/mol. The van der Waals surface area contributed by atoms with E-state index in [0.29, 0.717) is 61.7 Å². The number of ether oxygens (including phenoxy) is 3. The molecule has 0 fully saturated rings. The zero-order chi connectivity index (χ0) is 40.9. The first-order valence-corrected chi connectivity index (χ1v) is 18.9. The number of rotatable bonds is 13.